The minimum atomic E-state index is -0.876. The maximum absolute atomic E-state index is 13.3. The van der Waals surface area contributed by atoms with Crippen LogP contribution in [0.5, 0.6) is 0 Å². The SMILES string of the molecule is CC[C@H](OC(=O)c1cc(-c2ccc(Cl)cc2)nc2ccc(Br)cc12)C(=O)c1ccccc1. The third-order valence-corrected chi connectivity index (χ3v) is 5.85. The van der Waals surface area contributed by atoms with Gasteiger partial charge in [0.2, 0.25) is 5.78 Å². The van der Waals surface area contributed by atoms with Gasteiger partial charge >= 0.3 is 5.97 Å². The van der Waals surface area contributed by atoms with Crippen molar-refractivity contribution in [3.8, 4) is 11.3 Å². The van der Waals surface area contributed by atoms with Crippen LogP contribution in [-0.4, -0.2) is 22.8 Å². The van der Waals surface area contributed by atoms with Crippen molar-refractivity contribution >= 4 is 50.2 Å². The number of esters is 1. The number of rotatable bonds is 6. The van der Waals surface area contributed by atoms with Crippen molar-refractivity contribution in [2.45, 2.75) is 19.4 Å². The quantitative estimate of drug-likeness (QED) is 0.205. The van der Waals surface area contributed by atoms with E-state index in [-0.39, 0.29) is 5.78 Å². The molecule has 0 saturated carbocycles. The maximum atomic E-state index is 13.3. The van der Waals surface area contributed by atoms with Crippen molar-refractivity contribution in [3.63, 3.8) is 0 Å². The van der Waals surface area contributed by atoms with E-state index in [1.165, 1.54) is 0 Å². The molecule has 1 heterocycles. The Balaban J connectivity index is 1.74. The molecule has 32 heavy (non-hydrogen) atoms. The molecule has 1 atom stereocenters. The zero-order chi connectivity index (χ0) is 22.7. The van der Waals surface area contributed by atoms with Crippen LogP contribution in [0.15, 0.2) is 83.3 Å². The molecule has 0 spiro atoms. The summed E-state index contributed by atoms with van der Waals surface area (Å²) in [4.78, 5) is 30.8. The number of benzene rings is 3. The van der Waals surface area contributed by atoms with Crippen molar-refractivity contribution in [1.29, 1.82) is 0 Å². The number of nitrogens with zero attached hydrogens (tertiary/aromatic N) is 1. The first-order valence-corrected chi connectivity index (χ1v) is 11.3. The monoisotopic (exact) mass is 507 g/mol. The van der Waals surface area contributed by atoms with Gasteiger partial charge < -0.3 is 4.74 Å². The predicted molar refractivity (Wildman–Crippen MR) is 130 cm³/mol. The van der Waals surface area contributed by atoms with Crippen LogP contribution >= 0.6 is 27.5 Å². The summed E-state index contributed by atoms with van der Waals surface area (Å²) >= 11 is 9.47. The molecule has 0 radical (unpaired) electrons. The fourth-order valence-corrected chi connectivity index (χ4v) is 3.93. The first kappa shape index (κ1) is 22.2. The topological polar surface area (TPSA) is 56.3 Å². The molecule has 0 aliphatic heterocycles. The summed E-state index contributed by atoms with van der Waals surface area (Å²) in [6, 6.07) is 23.3. The molecular formula is C26H19BrClNO3. The van der Waals surface area contributed by atoms with E-state index in [9.17, 15) is 9.59 Å². The van der Waals surface area contributed by atoms with Gasteiger partial charge in [0.25, 0.3) is 0 Å². The first-order valence-electron chi connectivity index (χ1n) is 10.1. The van der Waals surface area contributed by atoms with Crippen LogP contribution in [0.4, 0.5) is 0 Å². The van der Waals surface area contributed by atoms with Crippen molar-refractivity contribution < 1.29 is 14.3 Å². The number of pyridine rings is 1. The lowest BCUT2D eigenvalue weighted by molar-refractivity contribution is 0.0279. The number of hydrogen-bond acceptors (Lipinski definition) is 4. The Hall–Kier alpha value is -3.02. The Bertz CT molecular complexity index is 1290. The van der Waals surface area contributed by atoms with E-state index in [0.29, 0.717) is 39.2 Å². The highest BCUT2D eigenvalue weighted by Crippen LogP contribution is 2.29. The van der Waals surface area contributed by atoms with E-state index in [2.05, 4.69) is 15.9 Å². The van der Waals surface area contributed by atoms with Crippen LogP contribution in [0.3, 0.4) is 0 Å². The van der Waals surface area contributed by atoms with E-state index in [1.807, 2.05) is 43.3 Å². The summed E-state index contributed by atoms with van der Waals surface area (Å²) in [7, 11) is 0. The maximum Gasteiger partial charge on any atom is 0.339 e. The van der Waals surface area contributed by atoms with Gasteiger partial charge in [-0.15, -0.1) is 0 Å². The van der Waals surface area contributed by atoms with Crippen molar-refractivity contribution in [2.24, 2.45) is 0 Å². The molecule has 0 fully saturated rings. The molecule has 0 saturated heterocycles. The number of hydrogen-bond donors (Lipinski definition) is 0. The van der Waals surface area contributed by atoms with Gasteiger partial charge in [-0.05, 0) is 42.8 Å². The lowest BCUT2D eigenvalue weighted by Gasteiger charge is -2.17. The highest BCUT2D eigenvalue weighted by molar-refractivity contribution is 9.10. The Morgan fingerprint density at radius 2 is 1.72 bits per heavy atom. The summed E-state index contributed by atoms with van der Waals surface area (Å²) in [6.07, 6.45) is -0.504. The summed E-state index contributed by atoms with van der Waals surface area (Å²) in [5, 5.41) is 1.26. The van der Waals surface area contributed by atoms with E-state index < -0.39 is 12.1 Å². The molecule has 0 amide bonds. The molecular weight excluding hydrogens is 490 g/mol. The number of ketones is 1. The smallest absolute Gasteiger partial charge is 0.339 e. The molecule has 6 heteroatoms. The van der Waals surface area contributed by atoms with Gasteiger partial charge in [-0.25, -0.2) is 9.78 Å². The Labute approximate surface area is 199 Å². The van der Waals surface area contributed by atoms with E-state index in [1.54, 1.807) is 42.5 Å². The van der Waals surface area contributed by atoms with Crippen LogP contribution in [0.2, 0.25) is 5.02 Å². The van der Waals surface area contributed by atoms with Crippen molar-refractivity contribution in [2.75, 3.05) is 0 Å². The van der Waals surface area contributed by atoms with Crippen LogP contribution in [0.1, 0.15) is 34.1 Å². The van der Waals surface area contributed by atoms with E-state index in [0.717, 1.165) is 10.0 Å². The molecule has 4 nitrogen and oxygen atoms in total. The predicted octanol–water partition coefficient (Wildman–Crippen LogP) is 7.14. The minimum Gasteiger partial charge on any atom is -0.450 e. The molecule has 0 bridgehead atoms. The molecule has 4 aromatic rings. The van der Waals surface area contributed by atoms with Gasteiger partial charge in [0.15, 0.2) is 6.10 Å². The average molecular weight is 509 g/mol. The van der Waals surface area contributed by atoms with E-state index in [4.69, 9.17) is 21.3 Å². The average Bonchev–Trinajstić information content (AvgIpc) is 2.82. The molecule has 0 aliphatic carbocycles. The fourth-order valence-electron chi connectivity index (χ4n) is 3.44. The largest absolute Gasteiger partial charge is 0.450 e. The second kappa shape index (κ2) is 9.63. The van der Waals surface area contributed by atoms with Gasteiger partial charge in [-0.2, -0.15) is 0 Å². The number of carbonyl (C=O) groups is 2. The lowest BCUT2D eigenvalue weighted by atomic mass is 10.0. The third kappa shape index (κ3) is 4.74. The highest BCUT2D eigenvalue weighted by atomic mass is 79.9. The second-order valence-electron chi connectivity index (χ2n) is 7.26. The molecule has 1 aromatic heterocycles. The van der Waals surface area contributed by atoms with Gasteiger partial charge in [0.1, 0.15) is 0 Å². The molecule has 3 aromatic carbocycles. The Kier molecular flexibility index (Phi) is 6.68. The summed E-state index contributed by atoms with van der Waals surface area (Å²) in [5.74, 6) is -0.791. The summed E-state index contributed by atoms with van der Waals surface area (Å²) < 4.78 is 6.52. The minimum absolute atomic E-state index is 0.223. The van der Waals surface area contributed by atoms with Crippen LogP contribution in [0.25, 0.3) is 22.2 Å². The number of fused-ring (bicyclic) bond motifs is 1. The molecule has 160 valence electrons. The number of ether oxygens (including phenoxy) is 1. The van der Waals surface area contributed by atoms with Gasteiger partial charge in [0, 0.05) is 26.0 Å². The molecule has 0 aliphatic rings. The molecule has 0 unspecified atom stereocenters. The summed E-state index contributed by atoms with van der Waals surface area (Å²) in [5.41, 5.74) is 2.94. The summed E-state index contributed by atoms with van der Waals surface area (Å²) in [6.45, 7) is 1.82. The Morgan fingerprint density at radius 3 is 2.41 bits per heavy atom. The number of Topliss-reactive ketones (excluding diaryl/α,β-unsaturated/α-hetero) is 1. The van der Waals surface area contributed by atoms with E-state index >= 15 is 0 Å². The standard InChI is InChI=1S/C26H19BrClNO3/c1-2-24(25(30)17-6-4-3-5-7-17)32-26(31)21-15-23(16-8-11-19(28)12-9-16)29-22-13-10-18(27)14-20(21)22/h3-15,24H,2H2,1H3/t24-/m0/s1. The normalized spacial score (nSPS) is 11.8. The Morgan fingerprint density at radius 1 is 1.00 bits per heavy atom. The third-order valence-electron chi connectivity index (χ3n) is 5.10. The molecule has 0 N–H and O–H groups in total. The first-order chi connectivity index (χ1) is 15.5. The fraction of sp³-hybridized carbons (Fsp3) is 0.115. The van der Waals surface area contributed by atoms with Gasteiger partial charge in [-0.1, -0.05) is 76.9 Å². The van der Waals surface area contributed by atoms with Crippen LogP contribution in [-0.2, 0) is 4.74 Å². The second-order valence-corrected chi connectivity index (χ2v) is 8.61. The number of carbonyl (C=O) groups excluding carboxylic acids is 2. The lowest BCUT2D eigenvalue weighted by Crippen LogP contribution is -2.27. The van der Waals surface area contributed by atoms with Crippen LogP contribution in [0, 0.1) is 0 Å². The molecule has 4 rings (SSSR count). The van der Waals surface area contributed by atoms with Crippen LogP contribution < -0.4 is 0 Å². The zero-order valence-corrected chi connectivity index (χ0v) is 19.6. The van der Waals surface area contributed by atoms with Crippen molar-refractivity contribution in [3.05, 3.63) is 99.5 Å². The van der Waals surface area contributed by atoms with Gasteiger partial charge in [0.05, 0.1) is 16.8 Å². The number of aromatic nitrogens is 1. The zero-order valence-electron chi connectivity index (χ0n) is 17.2. The van der Waals surface area contributed by atoms with Crippen molar-refractivity contribution in [1.82, 2.24) is 4.98 Å². The van der Waals surface area contributed by atoms with Gasteiger partial charge in [-0.3, -0.25) is 4.79 Å². The highest BCUT2D eigenvalue weighted by Gasteiger charge is 2.25. The number of halogens is 2.